The molecule has 28 heavy (non-hydrogen) atoms. The van der Waals surface area contributed by atoms with E-state index < -0.39 is 15.9 Å². The lowest BCUT2D eigenvalue weighted by atomic mass is 9.99. The van der Waals surface area contributed by atoms with E-state index in [1.807, 2.05) is 32.9 Å². The summed E-state index contributed by atoms with van der Waals surface area (Å²) < 4.78 is 27.2. The number of carbonyl (C=O) groups is 1. The molecule has 2 heterocycles. The molecule has 0 aliphatic carbocycles. The second-order valence-corrected chi connectivity index (χ2v) is 10.3. The summed E-state index contributed by atoms with van der Waals surface area (Å²) in [5.74, 6) is -0.646. The van der Waals surface area contributed by atoms with E-state index in [2.05, 4.69) is 10.5 Å². The number of aryl methyl sites for hydroxylation is 2. The number of piperidine rings is 1. The van der Waals surface area contributed by atoms with Gasteiger partial charge in [0.1, 0.15) is 0 Å². The normalized spacial score (nSPS) is 18.8. The predicted octanol–water partition coefficient (Wildman–Crippen LogP) is 3.31. The van der Waals surface area contributed by atoms with Crippen molar-refractivity contribution in [2.45, 2.75) is 38.5 Å². The Labute approximate surface area is 170 Å². The maximum absolute atomic E-state index is 12.9. The Hall–Kier alpha value is -2.03. The van der Waals surface area contributed by atoms with Gasteiger partial charge in [-0.2, -0.15) is 9.41 Å². The van der Waals surface area contributed by atoms with E-state index >= 15 is 0 Å². The van der Waals surface area contributed by atoms with Crippen molar-refractivity contribution in [2.24, 2.45) is 11.0 Å². The van der Waals surface area contributed by atoms with Crippen LogP contribution in [0.15, 0.2) is 46.4 Å². The first-order chi connectivity index (χ1) is 13.3. The zero-order chi connectivity index (χ0) is 20.3. The van der Waals surface area contributed by atoms with Crippen molar-refractivity contribution >= 4 is 33.0 Å². The minimum absolute atomic E-state index is 0.175. The van der Waals surface area contributed by atoms with E-state index in [0.29, 0.717) is 19.4 Å². The Morgan fingerprint density at radius 2 is 1.89 bits per heavy atom. The van der Waals surface area contributed by atoms with Crippen LogP contribution in [0.3, 0.4) is 0 Å². The number of hydrogen-bond donors (Lipinski definition) is 1. The third kappa shape index (κ3) is 4.68. The van der Waals surface area contributed by atoms with Crippen molar-refractivity contribution < 1.29 is 13.2 Å². The van der Waals surface area contributed by atoms with Crippen LogP contribution >= 0.6 is 11.3 Å². The topological polar surface area (TPSA) is 78.8 Å². The summed E-state index contributed by atoms with van der Waals surface area (Å²) in [4.78, 5) is 15.0. The van der Waals surface area contributed by atoms with Gasteiger partial charge in [-0.3, -0.25) is 4.79 Å². The minimum Gasteiger partial charge on any atom is -0.273 e. The summed E-state index contributed by atoms with van der Waals surface area (Å²) in [6, 6.07) is 10.8. The van der Waals surface area contributed by atoms with Gasteiger partial charge >= 0.3 is 0 Å². The van der Waals surface area contributed by atoms with Crippen molar-refractivity contribution in [2.75, 3.05) is 13.1 Å². The van der Waals surface area contributed by atoms with E-state index in [-0.39, 0.29) is 17.3 Å². The Morgan fingerprint density at radius 3 is 2.54 bits per heavy atom. The summed E-state index contributed by atoms with van der Waals surface area (Å²) in [5, 5.41) is 4.20. The molecule has 1 amide bonds. The first-order valence-corrected chi connectivity index (χ1v) is 11.5. The number of nitrogens with one attached hydrogen (secondary N) is 1. The van der Waals surface area contributed by atoms with Gasteiger partial charge in [0.05, 0.1) is 21.4 Å². The second-order valence-electron chi connectivity index (χ2n) is 7.10. The fourth-order valence-corrected chi connectivity index (χ4v) is 5.48. The number of rotatable bonds is 5. The first kappa shape index (κ1) is 20.7. The molecule has 0 radical (unpaired) electrons. The Kier molecular flexibility index (Phi) is 6.32. The number of benzene rings is 1. The number of thiophene rings is 1. The lowest BCUT2D eigenvalue weighted by Gasteiger charge is -2.30. The van der Waals surface area contributed by atoms with Gasteiger partial charge in [-0.15, -0.1) is 11.3 Å². The molecule has 1 fully saturated rings. The predicted molar refractivity (Wildman–Crippen MR) is 112 cm³/mol. The molecule has 3 rings (SSSR count). The maximum Gasteiger partial charge on any atom is 0.244 e. The lowest BCUT2D eigenvalue weighted by molar-refractivity contribution is -0.126. The second kappa shape index (κ2) is 8.55. The molecule has 6 nitrogen and oxygen atoms in total. The molecule has 1 aliphatic rings. The van der Waals surface area contributed by atoms with Crippen molar-refractivity contribution in [3.63, 3.8) is 0 Å². The van der Waals surface area contributed by atoms with Gasteiger partial charge in [0, 0.05) is 18.0 Å². The zero-order valence-electron chi connectivity index (χ0n) is 16.3. The molecular weight excluding hydrogens is 394 g/mol. The number of hydrazone groups is 1. The fourth-order valence-electron chi connectivity index (χ4n) is 3.15. The monoisotopic (exact) mass is 419 g/mol. The Balaban J connectivity index is 1.67. The Morgan fingerprint density at radius 1 is 1.18 bits per heavy atom. The highest BCUT2D eigenvalue weighted by atomic mass is 32.2. The molecule has 0 bridgehead atoms. The molecule has 2 aromatic rings. The average Bonchev–Trinajstić information content (AvgIpc) is 3.13. The van der Waals surface area contributed by atoms with Crippen molar-refractivity contribution in [1.29, 1.82) is 0 Å². The SMILES string of the molecule is C/C(=N/NC(=O)[C@@H]1CCCN(S(=O)(=O)c2ccc(C)cc2)C1)c1ccc(C)s1. The van der Waals surface area contributed by atoms with Crippen molar-refractivity contribution in [3.8, 4) is 0 Å². The van der Waals surface area contributed by atoms with Gasteiger partial charge in [-0.05, 0) is 57.9 Å². The van der Waals surface area contributed by atoms with Crippen LogP contribution in [0.1, 0.15) is 35.1 Å². The summed E-state index contributed by atoms with van der Waals surface area (Å²) in [7, 11) is -3.60. The molecule has 8 heteroatoms. The summed E-state index contributed by atoms with van der Waals surface area (Å²) in [6.45, 7) is 6.38. The van der Waals surface area contributed by atoms with Gasteiger partial charge in [-0.1, -0.05) is 17.7 Å². The molecule has 0 saturated carbocycles. The third-order valence-electron chi connectivity index (χ3n) is 4.84. The molecule has 0 unspecified atom stereocenters. The summed E-state index contributed by atoms with van der Waals surface area (Å²) in [6.07, 6.45) is 1.30. The molecule has 1 aromatic heterocycles. The highest BCUT2D eigenvalue weighted by Gasteiger charge is 2.33. The smallest absolute Gasteiger partial charge is 0.244 e. The van der Waals surface area contributed by atoms with E-state index in [1.165, 1.54) is 9.18 Å². The number of sulfonamides is 1. The molecule has 1 saturated heterocycles. The van der Waals surface area contributed by atoms with E-state index in [0.717, 1.165) is 16.2 Å². The van der Waals surface area contributed by atoms with Gasteiger partial charge in [0.2, 0.25) is 15.9 Å². The van der Waals surface area contributed by atoms with Crippen molar-refractivity contribution in [3.05, 3.63) is 51.7 Å². The van der Waals surface area contributed by atoms with Gasteiger partial charge in [-0.25, -0.2) is 13.8 Å². The molecule has 1 N–H and O–H groups in total. The highest BCUT2D eigenvalue weighted by Crippen LogP contribution is 2.24. The average molecular weight is 420 g/mol. The highest BCUT2D eigenvalue weighted by molar-refractivity contribution is 7.89. The minimum atomic E-state index is -3.60. The van der Waals surface area contributed by atoms with E-state index in [9.17, 15) is 13.2 Å². The quantitative estimate of drug-likeness (QED) is 0.596. The van der Waals surface area contributed by atoms with Gasteiger partial charge in [0.25, 0.3) is 0 Å². The van der Waals surface area contributed by atoms with Crippen LogP contribution in [0.2, 0.25) is 0 Å². The first-order valence-electron chi connectivity index (χ1n) is 9.25. The number of nitrogens with zero attached hydrogens (tertiary/aromatic N) is 2. The molecule has 1 aliphatic heterocycles. The number of hydrogen-bond acceptors (Lipinski definition) is 5. The van der Waals surface area contributed by atoms with Crippen LogP contribution in [-0.2, 0) is 14.8 Å². The van der Waals surface area contributed by atoms with E-state index in [4.69, 9.17) is 0 Å². The maximum atomic E-state index is 12.9. The lowest BCUT2D eigenvalue weighted by Crippen LogP contribution is -2.44. The van der Waals surface area contributed by atoms with Crippen LogP contribution in [0, 0.1) is 19.8 Å². The summed E-state index contributed by atoms with van der Waals surface area (Å²) >= 11 is 1.62. The molecule has 1 atom stereocenters. The van der Waals surface area contributed by atoms with Gasteiger partial charge < -0.3 is 0 Å². The largest absolute Gasteiger partial charge is 0.273 e. The van der Waals surface area contributed by atoms with Gasteiger partial charge in [0.15, 0.2) is 0 Å². The van der Waals surface area contributed by atoms with Crippen LogP contribution in [0.5, 0.6) is 0 Å². The summed E-state index contributed by atoms with van der Waals surface area (Å²) in [5.41, 5.74) is 4.36. The molecule has 0 spiro atoms. The zero-order valence-corrected chi connectivity index (χ0v) is 17.9. The standard InChI is InChI=1S/C20H25N3O3S2/c1-14-6-9-18(10-7-14)28(25,26)23-12-4-5-17(13-23)20(24)22-21-16(3)19-11-8-15(2)27-19/h6-11,17H,4-5,12-13H2,1-3H3,(H,22,24)/b21-16-/t17-/m1/s1. The third-order valence-corrected chi connectivity index (χ3v) is 7.83. The molecule has 1 aromatic carbocycles. The number of amides is 1. The van der Waals surface area contributed by atoms with Crippen LogP contribution < -0.4 is 5.43 Å². The number of carbonyl (C=O) groups excluding carboxylic acids is 1. The van der Waals surface area contributed by atoms with Crippen molar-refractivity contribution in [1.82, 2.24) is 9.73 Å². The Bertz CT molecular complexity index is 978. The van der Waals surface area contributed by atoms with E-state index in [1.54, 1.807) is 35.6 Å². The van der Waals surface area contributed by atoms with Crippen LogP contribution in [0.4, 0.5) is 0 Å². The van der Waals surface area contributed by atoms with Crippen LogP contribution in [-0.4, -0.2) is 37.4 Å². The molecular formula is C20H25N3O3S2. The fraction of sp³-hybridized carbons (Fsp3) is 0.400. The van der Waals surface area contributed by atoms with Crippen LogP contribution in [0.25, 0.3) is 0 Å². The molecule has 150 valence electrons.